The van der Waals surface area contributed by atoms with Crippen LogP contribution in [0.3, 0.4) is 0 Å². The molecule has 0 N–H and O–H groups in total. The number of aromatic nitrogens is 1. The van der Waals surface area contributed by atoms with E-state index in [-0.39, 0.29) is 25.9 Å². The van der Waals surface area contributed by atoms with Crippen LogP contribution < -0.4 is 4.90 Å². The largest absolute Gasteiger partial charge is 0.510 e. The molecule has 77 valence electrons. The Morgan fingerprint density at radius 1 is 1.36 bits per heavy atom. The van der Waals surface area contributed by atoms with E-state index in [2.05, 4.69) is 4.98 Å². The molecule has 0 unspecified atom stereocenters. The van der Waals surface area contributed by atoms with Gasteiger partial charge in [-0.15, -0.1) is 6.67 Å². The summed E-state index contributed by atoms with van der Waals surface area (Å²) in [5.41, 5.74) is 0. The molecule has 1 aliphatic heterocycles. The summed E-state index contributed by atoms with van der Waals surface area (Å²) < 4.78 is 12.5. The van der Waals surface area contributed by atoms with Gasteiger partial charge in [0.05, 0.1) is 6.20 Å². The SMILES string of the molecule is CN1C=CN(c2ccc(F)cn2)[CH-]1.[Ir]. The summed E-state index contributed by atoms with van der Waals surface area (Å²) in [7, 11) is 1.92. The molecule has 14 heavy (non-hydrogen) atoms. The van der Waals surface area contributed by atoms with Crippen molar-refractivity contribution in [2.75, 3.05) is 11.9 Å². The minimum absolute atomic E-state index is 0. The van der Waals surface area contributed by atoms with Gasteiger partial charge in [0.25, 0.3) is 0 Å². The van der Waals surface area contributed by atoms with Gasteiger partial charge in [-0.25, -0.2) is 9.37 Å². The average molecular weight is 370 g/mol. The van der Waals surface area contributed by atoms with Crippen molar-refractivity contribution in [3.63, 3.8) is 0 Å². The molecule has 0 bridgehead atoms. The molecule has 5 heteroatoms. The van der Waals surface area contributed by atoms with Crippen molar-refractivity contribution in [2.45, 2.75) is 0 Å². The first-order valence-corrected chi connectivity index (χ1v) is 3.91. The van der Waals surface area contributed by atoms with E-state index in [1.165, 1.54) is 12.3 Å². The fourth-order valence-corrected chi connectivity index (χ4v) is 1.11. The molecule has 0 aromatic carbocycles. The van der Waals surface area contributed by atoms with Crippen LogP contribution in [0, 0.1) is 12.5 Å². The molecule has 2 rings (SSSR count). The van der Waals surface area contributed by atoms with E-state index in [1.807, 2.05) is 35.9 Å². The molecule has 1 aromatic heterocycles. The van der Waals surface area contributed by atoms with Gasteiger partial charge in [-0.3, -0.25) is 0 Å². The van der Waals surface area contributed by atoms with Gasteiger partial charge in [0, 0.05) is 20.1 Å². The second-order valence-corrected chi connectivity index (χ2v) is 2.82. The van der Waals surface area contributed by atoms with Gasteiger partial charge in [-0.05, 0) is 31.6 Å². The molecule has 1 aliphatic rings. The Morgan fingerprint density at radius 2 is 2.14 bits per heavy atom. The van der Waals surface area contributed by atoms with E-state index in [9.17, 15) is 4.39 Å². The maximum atomic E-state index is 12.5. The number of rotatable bonds is 1. The molecule has 0 amide bonds. The van der Waals surface area contributed by atoms with Crippen molar-refractivity contribution in [1.29, 1.82) is 0 Å². The van der Waals surface area contributed by atoms with Gasteiger partial charge >= 0.3 is 0 Å². The van der Waals surface area contributed by atoms with Crippen molar-refractivity contribution in [2.24, 2.45) is 0 Å². The first-order valence-electron chi connectivity index (χ1n) is 3.91. The van der Waals surface area contributed by atoms with Gasteiger partial charge in [0.15, 0.2) is 0 Å². The molecule has 0 fully saturated rings. The fraction of sp³-hybridized carbons (Fsp3) is 0.111. The van der Waals surface area contributed by atoms with Crippen LogP contribution in [0.2, 0.25) is 0 Å². The summed E-state index contributed by atoms with van der Waals surface area (Å²) in [6.07, 6.45) is 4.96. The third-order valence-electron chi connectivity index (χ3n) is 1.75. The number of anilines is 1. The zero-order valence-corrected chi connectivity index (χ0v) is 9.91. The van der Waals surface area contributed by atoms with Crippen molar-refractivity contribution in [1.82, 2.24) is 9.88 Å². The van der Waals surface area contributed by atoms with Gasteiger partial charge in [-0.1, -0.05) is 0 Å². The molecule has 0 spiro atoms. The second kappa shape index (κ2) is 4.53. The smallest absolute Gasteiger partial charge is 0.141 e. The molecule has 0 aliphatic carbocycles. The van der Waals surface area contributed by atoms with Crippen LogP contribution in [0.15, 0.2) is 30.7 Å². The number of halogens is 1. The van der Waals surface area contributed by atoms with Gasteiger partial charge < -0.3 is 9.80 Å². The van der Waals surface area contributed by atoms with Gasteiger partial charge in [0.1, 0.15) is 11.6 Å². The number of hydrogen-bond acceptors (Lipinski definition) is 3. The quantitative estimate of drug-likeness (QED) is 0.700. The fourth-order valence-electron chi connectivity index (χ4n) is 1.11. The van der Waals surface area contributed by atoms with Crippen LogP contribution >= 0.6 is 0 Å². The number of nitrogens with zero attached hydrogens (tertiary/aromatic N) is 3. The molecular formula is C9H9FIrN3-. The number of pyridine rings is 1. The summed E-state index contributed by atoms with van der Waals surface area (Å²) >= 11 is 0. The summed E-state index contributed by atoms with van der Waals surface area (Å²) in [6, 6.07) is 3.03. The standard InChI is InChI=1S/C9H9FN3.Ir/c1-12-4-5-13(7-12)9-3-2-8(10)6-11-9;/h2-7H,1H3;/q-1;. The summed E-state index contributed by atoms with van der Waals surface area (Å²) in [5, 5.41) is 0. The monoisotopic (exact) mass is 371 g/mol. The Balaban J connectivity index is 0.000000980. The van der Waals surface area contributed by atoms with E-state index in [0.717, 1.165) is 0 Å². The molecule has 0 atom stereocenters. The molecule has 1 aromatic rings. The van der Waals surface area contributed by atoms with Crippen LogP contribution in [0.1, 0.15) is 0 Å². The van der Waals surface area contributed by atoms with Crippen molar-refractivity contribution < 1.29 is 24.5 Å². The van der Waals surface area contributed by atoms with E-state index >= 15 is 0 Å². The maximum absolute atomic E-state index is 12.5. The molecule has 1 radical (unpaired) electrons. The Morgan fingerprint density at radius 3 is 2.64 bits per heavy atom. The predicted molar refractivity (Wildman–Crippen MR) is 47.9 cm³/mol. The predicted octanol–water partition coefficient (Wildman–Crippen LogP) is 1.56. The first kappa shape index (κ1) is 11.1. The van der Waals surface area contributed by atoms with Crippen molar-refractivity contribution >= 4 is 5.82 Å². The van der Waals surface area contributed by atoms with Crippen LogP contribution in [0.25, 0.3) is 0 Å². The Hall–Kier alpha value is -0.931. The van der Waals surface area contributed by atoms with Crippen molar-refractivity contribution in [3.8, 4) is 0 Å². The van der Waals surface area contributed by atoms with Gasteiger partial charge in [-0.2, -0.15) is 0 Å². The Labute approximate surface area is 95.6 Å². The van der Waals surface area contributed by atoms with Gasteiger partial charge in [0.2, 0.25) is 0 Å². The number of hydrogen-bond donors (Lipinski definition) is 0. The molecular weight excluding hydrogens is 361 g/mol. The topological polar surface area (TPSA) is 19.4 Å². The zero-order valence-electron chi connectivity index (χ0n) is 7.52. The van der Waals surface area contributed by atoms with Crippen LogP contribution in [0.5, 0.6) is 0 Å². The van der Waals surface area contributed by atoms with E-state index < -0.39 is 0 Å². The zero-order chi connectivity index (χ0) is 9.26. The minimum atomic E-state index is -0.319. The summed E-state index contributed by atoms with van der Waals surface area (Å²) in [4.78, 5) is 7.65. The van der Waals surface area contributed by atoms with Crippen LogP contribution in [0.4, 0.5) is 10.2 Å². The van der Waals surface area contributed by atoms with E-state index in [0.29, 0.717) is 5.82 Å². The van der Waals surface area contributed by atoms with Crippen molar-refractivity contribution in [3.05, 3.63) is 43.2 Å². The minimum Gasteiger partial charge on any atom is -0.510 e. The Bertz CT molecular complexity index is 325. The molecule has 2 heterocycles. The average Bonchev–Trinajstić information content (AvgIpc) is 2.53. The first-order chi connectivity index (χ1) is 6.25. The van der Waals surface area contributed by atoms with Crippen LogP contribution in [-0.2, 0) is 20.1 Å². The van der Waals surface area contributed by atoms with E-state index in [4.69, 9.17) is 0 Å². The summed E-state index contributed by atoms with van der Waals surface area (Å²) in [6.45, 7) is 1.86. The van der Waals surface area contributed by atoms with Crippen LogP contribution in [-0.4, -0.2) is 16.9 Å². The molecule has 3 nitrogen and oxygen atoms in total. The second-order valence-electron chi connectivity index (χ2n) is 2.82. The normalized spacial score (nSPS) is 14.4. The summed E-state index contributed by atoms with van der Waals surface area (Å²) in [5.74, 6) is 0.391. The molecule has 0 saturated heterocycles. The third-order valence-corrected chi connectivity index (χ3v) is 1.75. The molecule has 0 saturated carbocycles. The third kappa shape index (κ3) is 2.30. The Kier molecular flexibility index (Phi) is 3.61. The maximum Gasteiger partial charge on any atom is 0.141 e. The van der Waals surface area contributed by atoms with E-state index in [1.54, 1.807) is 6.07 Å².